The molecule has 0 radical (unpaired) electrons. The smallest absolute Gasteiger partial charge is 0.243 e. The Kier molecular flexibility index (Phi) is 7.79. The SMILES string of the molecule is CC(C)[C@H](N)C(=O)C(=O)[C@H](C)N(C1CCCCC1)S(=O)(=O)c1ccc(Cl)cc1. The van der Waals surface area contributed by atoms with E-state index in [9.17, 15) is 18.0 Å². The maximum Gasteiger partial charge on any atom is 0.243 e. The fraction of sp³-hybridized carbons (Fsp3) is 0.600. The van der Waals surface area contributed by atoms with Crippen LogP contribution in [0.3, 0.4) is 0 Å². The van der Waals surface area contributed by atoms with Crippen LogP contribution in [0.4, 0.5) is 0 Å². The van der Waals surface area contributed by atoms with Gasteiger partial charge in [0.05, 0.1) is 17.0 Å². The highest BCUT2D eigenvalue weighted by Gasteiger charge is 2.41. The van der Waals surface area contributed by atoms with E-state index in [1.54, 1.807) is 13.8 Å². The van der Waals surface area contributed by atoms with Gasteiger partial charge in [0.25, 0.3) is 0 Å². The number of rotatable bonds is 8. The van der Waals surface area contributed by atoms with Gasteiger partial charge < -0.3 is 5.73 Å². The van der Waals surface area contributed by atoms with E-state index in [1.807, 2.05) is 0 Å². The lowest BCUT2D eigenvalue weighted by Crippen LogP contribution is -2.54. The Morgan fingerprint density at radius 3 is 2.07 bits per heavy atom. The van der Waals surface area contributed by atoms with E-state index >= 15 is 0 Å². The van der Waals surface area contributed by atoms with E-state index in [1.165, 1.54) is 35.5 Å². The van der Waals surface area contributed by atoms with E-state index < -0.39 is 33.7 Å². The lowest BCUT2D eigenvalue weighted by molar-refractivity contribution is -0.140. The Morgan fingerprint density at radius 1 is 1.04 bits per heavy atom. The van der Waals surface area contributed by atoms with Crippen molar-refractivity contribution in [3.63, 3.8) is 0 Å². The maximum absolute atomic E-state index is 13.4. The average Bonchev–Trinajstić information content (AvgIpc) is 2.67. The normalized spacial score (nSPS) is 18.2. The number of benzene rings is 1. The van der Waals surface area contributed by atoms with Crippen LogP contribution in [-0.2, 0) is 19.6 Å². The van der Waals surface area contributed by atoms with Crippen molar-refractivity contribution < 1.29 is 18.0 Å². The van der Waals surface area contributed by atoms with Gasteiger partial charge in [-0.05, 0) is 49.9 Å². The Balaban J connectivity index is 2.42. The Bertz CT molecular complexity index is 802. The van der Waals surface area contributed by atoms with Crippen molar-refractivity contribution in [1.82, 2.24) is 4.31 Å². The number of halogens is 1. The summed E-state index contributed by atoms with van der Waals surface area (Å²) >= 11 is 5.89. The lowest BCUT2D eigenvalue weighted by atomic mass is 9.92. The summed E-state index contributed by atoms with van der Waals surface area (Å²) < 4.78 is 28.0. The molecule has 8 heteroatoms. The molecule has 0 heterocycles. The first-order valence-electron chi connectivity index (χ1n) is 9.70. The molecule has 28 heavy (non-hydrogen) atoms. The molecule has 1 aromatic carbocycles. The van der Waals surface area contributed by atoms with Crippen LogP contribution < -0.4 is 5.73 Å². The number of hydrogen-bond acceptors (Lipinski definition) is 5. The van der Waals surface area contributed by atoms with Crippen LogP contribution in [0, 0.1) is 5.92 Å². The Labute approximate surface area is 172 Å². The van der Waals surface area contributed by atoms with Crippen LogP contribution in [-0.4, -0.2) is 42.4 Å². The van der Waals surface area contributed by atoms with Gasteiger partial charge >= 0.3 is 0 Å². The van der Waals surface area contributed by atoms with Crippen LogP contribution >= 0.6 is 11.6 Å². The molecule has 1 aliphatic carbocycles. The molecule has 0 bridgehead atoms. The van der Waals surface area contributed by atoms with E-state index in [0.717, 1.165) is 19.3 Å². The Hall–Kier alpha value is -1.28. The zero-order chi connectivity index (χ0) is 21.1. The standard InChI is InChI=1S/C20H29ClN2O4S/c1-13(2)18(22)20(25)19(24)14(3)23(16-7-5-4-6-8-16)28(26,27)17-11-9-15(21)10-12-17/h9-14,16,18H,4-8,22H2,1-3H3/t14-,18-/m0/s1. The molecule has 0 aromatic heterocycles. The largest absolute Gasteiger partial charge is 0.321 e. The van der Waals surface area contributed by atoms with Gasteiger partial charge in [-0.3, -0.25) is 9.59 Å². The van der Waals surface area contributed by atoms with Crippen molar-refractivity contribution in [1.29, 1.82) is 0 Å². The predicted molar refractivity (Wildman–Crippen MR) is 110 cm³/mol. The van der Waals surface area contributed by atoms with Crippen molar-refractivity contribution in [2.45, 2.75) is 75.9 Å². The summed E-state index contributed by atoms with van der Waals surface area (Å²) in [6.07, 6.45) is 4.13. The molecule has 1 aliphatic rings. The first kappa shape index (κ1) is 23.0. The van der Waals surface area contributed by atoms with E-state index in [4.69, 9.17) is 17.3 Å². The number of ketones is 2. The molecule has 0 spiro atoms. The highest BCUT2D eigenvalue weighted by Crippen LogP contribution is 2.30. The molecule has 2 atom stereocenters. The first-order valence-corrected chi connectivity index (χ1v) is 11.5. The molecule has 0 amide bonds. The van der Waals surface area contributed by atoms with Gasteiger partial charge in [-0.2, -0.15) is 4.31 Å². The molecule has 2 N–H and O–H groups in total. The minimum atomic E-state index is -3.98. The second-order valence-electron chi connectivity index (χ2n) is 7.75. The third-order valence-electron chi connectivity index (χ3n) is 5.35. The van der Waals surface area contributed by atoms with Gasteiger partial charge in [-0.1, -0.05) is 44.7 Å². The van der Waals surface area contributed by atoms with Crippen molar-refractivity contribution in [3.05, 3.63) is 29.3 Å². The van der Waals surface area contributed by atoms with Gasteiger partial charge in [-0.15, -0.1) is 0 Å². The Morgan fingerprint density at radius 2 is 1.57 bits per heavy atom. The summed E-state index contributed by atoms with van der Waals surface area (Å²) in [4.78, 5) is 25.4. The van der Waals surface area contributed by atoms with Gasteiger partial charge in [0.15, 0.2) is 0 Å². The third kappa shape index (κ3) is 5.00. The number of carbonyl (C=O) groups is 2. The monoisotopic (exact) mass is 428 g/mol. The molecule has 0 saturated heterocycles. The fourth-order valence-corrected chi connectivity index (χ4v) is 5.54. The van der Waals surface area contributed by atoms with Crippen LogP contribution in [0.5, 0.6) is 0 Å². The zero-order valence-corrected chi connectivity index (χ0v) is 18.2. The second kappa shape index (κ2) is 9.48. The lowest BCUT2D eigenvalue weighted by Gasteiger charge is -2.36. The summed E-state index contributed by atoms with van der Waals surface area (Å²) in [6, 6.07) is 3.47. The number of sulfonamides is 1. The number of carbonyl (C=O) groups excluding carboxylic acids is 2. The minimum Gasteiger partial charge on any atom is -0.321 e. The second-order valence-corrected chi connectivity index (χ2v) is 10.0. The summed E-state index contributed by atoms with van der Waals surface area (Å²) in [5, 5.41) is 0.422. The number of nitrogens with two attached hydrogens (primary N) is 1. The number of hydrogen-bond donors (Lipinski definition) is 1. The molecular weight excluding hydrogens is 400 g/mol. The highest BCUT2D eigenvalue weighted by atomic mass is 35.5. The quantitative estimate of drug-likeness (QED) is 0.641. The van der Waals surface area contributed by atoms with Gasteiger partial charge in [0, 0.05) is 11.1 Å². The van der Waals surface area contributed by atoms with Crippen LogP contribution in [0.25, 0.3) is 0 Å². The minimum absolute atomic E-state index is 0.0581. The average molecular weight is 429 g/mol. The van der Waals surface area contributed by atoms with E-state index in [-0.39, 0.29) is 16.9 Å². The van der Waals surface area contributed by atoms with E-state index in [0.29, 0.717) is 17.9 Å². The highest BCUT2D eigenvalue weighted by molar-refractivity contribution is 7.89. The summed E-state index contributed by atoms with van der Waals surface area (Å²) in [5.74, 6) is -1.70. The fourth-order valence-electron chi connectivity index (χ4n) is 3.57. The van der Waals surface area contributed by atoms with Gasteiger partial charge in [0.1, 0.15) is 0 Å². The van der Waals surface area contributed by atoms with Crippen LogP contribution in [0.1, 0.15) is 52.9 Å². The number of Topliss-reactive ketones (excluding diaryl/α,β-unsaturated/α-hetero) is 2. The van der Waals surface area contributed by atoms with Crippen LogP contribution in [0.15, 0.2) is 29.2 Å². The summed E-state index contributed by atoms with van der Waals surface area (Å²) in [7, 11) is -3.98. The number of nitrogens with zero attached hydrogens (tertiary/aromatic N) is 1. The zero-order valence-electron chi connectivity index (χ0n) is 16.6. The molecule has 2 rings (SSSR count). The first-order chi connectivity index (χ1) is 13.1. The molecule has 156 valence electrons. The molecular formula is C20H29ClN2O4S. The summed E-state index contributed by atoms with van der Waals surface area (Å²) in [5.41, 5.74) is 5.86. The van der Waals surface area contributed by atoms with Gasteiger partial charge in [-0.25, -0.2) is 8.42 Å². The molecule has 1 saturated carbocycles. The molecule has 1 fully saturated rings. The van der Waals surface area contributed by atoms with Crippen molar-refractivity contribution in [3.8, 4) is 0 Å². The molecule has 0 unspecified atom stereocenters. The predicted octanol–water partition coefficient (Wildman–Crippen LogP) is 3.17. The third-order valence-corrected chi connectivity index (χ3v) is 7.64. The molecule has 0 aliphatic heterocycles. The van der Waals surface area contributed by atoms with E-state index in [2.05, 4.69) is 0 Å². The molecule has 1 aromatic rings. The molecule has 6 nitrogen and oxygen atoms in total. The maximum atomic E-state index is 13.4. The van der Waals surface area contributed by atoms with Crippen molar-refractivity contribution in [2.24, 2.45) is 11.7 Å². The topological polar surface area (TPSA) is 97.5 Å². The summed E-state index contributed by atoms with van der Waals surface area (Å²) in [6.45, 7) is 4.99. The van der Waals surface area contributed by atoms with Crippen molar-refractivity contribution in [2.75, 3.05) is 0 Å². The van der Waals surface area contributed by atoms with Crippen molar-refractivity contribution >= 4 is 33.2 Å². The van der Waals surface area contributed by atoms with Gasteiger partial charge in [0.2, 0.25) is 21.6 Å². The van der Waals surface area contributed by atoms with Crippen LogP contribution in [0.2, 0.25) is 5.02 Å².